The van der Waals surface area contributed by atoms with Gasteiger partial charge in [0.05, 0.1) is 11.0 Å². The van der Waals surface area contributed by atoms with Gasteiger partial charge in [0, 0.05) is 18.8 Å². The van der Waals surface area contributed by atoms with Crippen molar-refractivity contribution in [2.75, 3.05) is 0 Å². The van der Waals surface area contributed by atoms with Crippen molar-refractivity contribution in [3.05, 3.63) is 66.2 Å². The van der Waals surface area contributed by atoms with E-state index in [0.29, 0.717) is 17.9 Å². The number of phenolic OH excluding ortho intramolecular Hbond substituents is 1. The van der Waals surface area contributed by atoms with Crippen LogP contribution in [0.4, 0.5) is 5.95 Å². The zero-order chi connectivity index (χ0) is 15.5. The predicted molar refractivity (Wildman–Crippen MR) is 90.0 cm³/mol. The summed E-state index contributed by atoms with van der Waals surface area (Å²) in [4.78, 5) is 8.90. The molecule has 4 nitrogen and oxygen atoms in total. The maximum Gasteiger partial charge on any atom is 0.230 e. The van der Waals surface area contributed by atoms with Crippen LogP contribution >= 0.6 is 0 Å². The lowest BCUT2D eigenvalue weighted by Gasteiger charge is -2.04. The second kappa shape index (κ2) is 5.85. The van der Waals surface area contributed by atoms with Gasteiger partial charge in [0.1, 0.15) is 5.75 Å². The average Bonchev–Trinajstić information content (AvgIpc) is 2.85. The van der Waals surface area contributed by atoms with Crippen molar-refractivity contribution in [1.29, 1.82) is 0 Å². The minimum Gasteiger partial charge on any atom is -0.507 e. The van der Waals surface area contributed by atoms with Crippen LogP contribution in [0.25, 0.3) is 11.0 Å². The molecule has 0 aliphatic carbocycles. The molecule has 0 saturated heterocycles. The number of hydrogen-bond acceptors (Lipinski definition) is 3. The van der Waals surface area contributed by atoms with E-state index in [1.165, 1.54) is 0 Å². The number of imidazole rings is 1. The highest BCUT2D eigenvalue weighted by Crippen LogP contribution is 2.23. The van der Waals surface area contributed by atoms with Crippen LogP contribution in [-0.2, 0) is 13.5 Å². The Morgan fingerprint density at radius 3 is 2.82 bits per heavy atom. The molecule has 0 radical (unpaired) electrons. The lowest BCUT2D eigenvalue weighted by atomic mass is 10.1. The van der Waals surface area contributed by atoms with E-state index in [4.69, 9.17) is 0 Å². The number of allylic oxidation sites excluding steroid dienone is 1. The molecule has 3 aromatic rings. The average molecular weight is 291 g/mol. The summed E-state index contributed by atoms with van der Waals surface area (Å²) in [6.45, 7) is 3.70. The first kappa shape index (κ1) is 14.1. The Morgan fingerprint density at radius 1 is 1.23 bits per heavy atom. The van der Waals surface area contributed by atoms with E-state index in [0.717, 1.165) is 16.6 Å². The highest BCUT2D eigenvalue weighted by molar-refractivity contribution is 5.86. The highest BCUT2D eigenvalue weighted by Gasteiger charge is 2.07. The summed E-state index contributed by atoms with van der Waals surface area (Å²) in [6, 6.07) is 13.5. The number of aryl methyl sites for hydroxylation is 1. The van der Waals surface area contributed by atoms with E-state index in [-0.39, 0.29) is 5.75 Å². The Balaban J connectivity index is 1.98. The Labute approximate surface area is 129 Å². The molecule has 0 unspecified atom stereocenters. The normalized spacial score (nSPS) is 11.3. The molecule has 0 aliphatic rings. The molecule has 0 amide bonds. The zero-order valence-electron chi connectivity index (χ0n) is 12.4. The lowest BCUT2D eigenvalue weighted by Crippen LogP contribution is -1.90. The molecule has 0 spiro atoms. The van der Waals surface area contributed by atoms with Crippen LogP contribution in [0.15, 0.2) is 60.1 Å². The van der Waals surface area contributed by atoms with Crippen molar-refractivity contribution in [2.24, 2.45) is 12.0 Å². The van der Waals surface area contributed by atoms with Crippen LogP contribution in [0, 0.1) is 0 Å². The molecule has 4 heteroatoms. The quantitative estimate of drug-likeness (QED) is 0.588. The van der Waals surface area contributed by atoms with Gasteiger partial charge >= 0.3 is 0 Å². The lowest BCUT2D eigenvalue weighted by molar-refractivity contribution is 0.469. The molecule has 1 heterocycles. The third kappa shape index (κ3) is 2.51. The number of fused-ring (bicyclic) bond motifs is 1. The van der Waals surface area contributed by atoms with Crippen molar-refractivity contribution in [1.82, 2.24) is 9.55 Å². The third-order valence-corrected chi connectivity index (χ3v) is 3.60. The van der Waals surface area contributed by atoms with Crippen LogP contribution in [0.3, 0.4) is 0 Å². The maximum atomic E-state index is 10.2. The number of benzene rings is 2. The zero-order valence-corrected chi connectivity index (χ0v) is 12.4. The Morgan fingerprint density at radius 2 is 2.05 bits per heavy atom. The monoisotopic (exact) mass is 291 g/mol. The van der Waals surface area contributed by atoms with E-state index >= 15 is 0 Å². The van der Waals surface area contributed by atoms with Crippen LogP contribution in [0.5, 0.6) is 5.75 Å². The van der Waals surface area contributed by atoms with Crippen molar-refractivity contribution >= 4 is 23.2 Å². The fourth-order valence-electron chi connectivity index (χ4n) is 2.41. The maximum absolute atomic E-state index is 10.2. The van der Waals surface area contributed by atoms with Crippen molar-refractivity contribution in [2.45, 2.75) is 6.42 Å². The number of nitrogens with zero attached hydrogens (tertiary/aromatic N) is 3. The van der Waals surface area contributed by atoms with E-state index < -0.39 is 0 Å². The molecule has 1 N–H and O–H groups in total. The fraction of sp³-hybridized carbons (Fsp3) is 0.111. The number of aliphatic imine (C=N–C) groups is 1. The molecule has 0 fully saturated rings. The molecule has 3 rings (SSSR count). The van der Waals surface area contributed by atoms with Crippen molar-refractivity contribution in [3.8, 4) is 5.75 Å². The van der Waals surface area contributed by atoms with E-state index in [1.54, 1.807) is 12.3 Å². The van der Waals surface area contributed by atoms with Crippen LogP contribution in [-0.4, -0.2) is 20.9 Å². The molecule has 0 bridgehead atoms. The SMILES string of the molecule is C=CCc1cccc(/C=N/c2nc3ccccc3n2C)c1O. The van der Waals surface area contributed by atoms with Crippen molar-refractivity contribution in [3.63, 3.8) is 0 Å². The smallest absolute Gasteiger partial charge is 0.230 e. The number of para-hydroxylation sites is 3. The summed E-state index contributed by atoms with van der Waals surface area (Å²) < 4.78 is 1.93. The number of hydrogen-bond donors (Lipinski definition) is 1. The second-order valence-corrected chi connectivity index (χ2v) is 5.07. The standard InChI is InChI=1S/C18H17N3O/c1-3-7-13-8-6-9-14(17(13)22)12-19-18-20-15-10-4-5-11-16(15)21(18)2/h3-6,8-12,22H,1,7H2,2H3/b19-12+. The topological polar surface area (TPSA) is 50.4 Å². The molecule has 0 aliphatic heterocycles. The summed E-state index contributed by atoms with van der Waals surface area (Å²) in [5, 5.41) is 10.2. The van der Waals surface area contributed by atoms with Gasteiger partial charge in [-0.05, 0) is 30.2 Å². The predicted octanol–water partition coefficient (Wildman–Crippen LogP) is 3.76. The van der Waals surface area contributed by atoms with Gasteiger partial charge in [0.25, 0.3) is 0 Å². The van der Waals surface area contributed by atoms with Gasteiger partial charge in [-0.2, -0.15) is 0 Å². The third-order valence-electron chi connectivity index (χ3n) is 3.60. The number of aromatic nitrogens is 2. The first-order chi connectivity index (χ1) is 10.7. The minimum atomic E-state index is 0.241. The largest absolute Gasteiger partial charge is 0.507 e. The van der Waals surface area contributed by atoms with E-state index in [9.17, 15) is 5.11 Å². The summed E-state index contributed by atoms with van der Waals surface area (Å²) in [7, 11) is 1.93. The Hall–Kier alpha value is -2.88. The molecule has 2 aromatic carbocycles. The number of aromatic hydroxyl groups is 1. The van der Waals surface area contributed by atoms with Gasteiger partial charge in [-0.3, -0.25) is 0 Å². The van der Waals surface area contributed by atoms with Gasteiger partial charge in [0.2, 0.25) is 5.95 Å². The second-order valence-electron chi connectivity index (χ2n) is 5.07. The van der Waals surface area contributed by atoms with Gasteiger partial charge < -0.3 is 9.67 Å². The highest BCUT2D eigenvalue weighted by atomic mass is 16.3. The first-order valence-electron chi connectivity index (χ1n) is 7.08. The fourth-order valence-corrected chi connectivity index (χ4v) is 2.41. The number of phenols is 1. The number of rotatable bonds is 4. The van der Waals surface area contributed by atoms with Gasteiger partial charge in [0.15, 0.2) is 0 Å². The molecule has 22 heavy (non-hydrogen) atoms. The van der Waals surface area contributed by atoms with Gasteiger partial charge in [-0.1, -0.05) is 30.3 Å². The summed E-state index contributed by atoms with van der Waals surface area (Å²) in [5.41, 5.74) is 3.44. The Kier molecular flexibility index (Phi) is 3.74. The van der Waals surface area contributed by atoms with Gasteiger partial charge in [-0.15, -0.1) is 6.58 Å². The molecule has 0 atom stereocenters. The summed E-state index contributed by atoms with van der Waals surface area (Å²) in [5.74, 6) is 0.847. The molecular weight excluding hydrogens is 274 g/mol. The molecule has 110 valence electrons. The summed E-state index contributed by atoms with van der Waals surface area (Å²) >= 11 is 0. The molecule has 0 saturated carbocycles. The van der Waals surface area contributed by atoms with E-state index in [1.807, 2.05) is 54.1 Å². The summed E-state index contributed by atoms with van der Waals surface area (Å²) in [6.07, 6.45) is 4.03. The van der Waals surface area contributed by atoms with E-state index in [2.05, 4.69) is 16.6 Å². The van der Waals surface area contributed by atoms with Crippen LogP contribution in [0.2, 0.25) is 0 Å². The minimum absolute atomic E-state index is 0.241. The van der Waals surface area contributed by atoms with Crippen LogP contribution in [0.1, 0.15) is 11.1 Å². The molecular formula is C18H17N3O. The van der Waals surface area contributed by atoms with Crippen molar-refractivity contribution < 1.29 is 5.11 Å². The Bertz CT molecular complexity index is 862. The first-order valence-corrected chi connectivity index (χ1v) is 7.08. The van der Waals surface area contributed by atoms with Crippen LogP contribution < -0.4 is 0 Å². The van der Waals surface area contributed by atoms with Gasteiger partial charge in [-0.25, -0.2) is 9.98 Å². The molecule has 1 aromatic heterocycles.